The number of anilines is 1. The summed E-state index contributed by atoms with van der Waals surface area (Å²) in [7, 11) is 1.75. The maximum Gasteiger partial charge on any atom is 0.254 e. The van der Waals surface area contributed by atoms with Gasteiger partial charge in [0.2, 0.25) is 5.91 Å². The van der Waals surface area contributed by atoms with Gasteiger partial charge in [0.15, 0.2) is 0 Å². The summed E-state index contributed by atoms with van der Waals surface area (Å²) in [6.07, 6.45) is 0. The molecule has 0 bridgehead atoms. The number of hydrogen-bond donors (Lipinski definition) is 1. The quantitative estimate of drug-likeness (QED) is 0.734. The van der Waals surface area contributed by atoms with E-state index in [2.05, 4.69) is 0 Å². The summed E-state index contributed by atoms with van der Waals surface area (Å²) in [6.45, 7) is 3.15. The Kier molecular flexibility index (Phi) is 3.23. The lowest BCUT2D eigenvalue weighted by atomic mass is 10.1. The van der Waals surface area contributed by atoms with Crippen LogP contribution >= 0.6 is 0 Å². The highest BCUT2D eigenvalue weighted by Gasteiger charge is 2.26. The molecule has 0 radical (unpaired) electrons. The van der Waals surface area contributed by atoms with Crippen LogP contribution in [0.1, 0.15) is 15.9 Å². The molecule has 1 aromatic rings. The summed E-state index contributed by atoms with van der Waals surface area (Å²) in [6, 6.07) is 5.25. The van der Waals surface area contributed by atoms with Crippen molar-refractivity contribution >= 4 is 17.5 Å². The zero-order valence-electron chi connectivity index (χ0n) is 10.6. The van der Waals surface area contributed by atoms with Crippen molar-refractivity contribution in [2.75, 3.05) is 32.4 Å². The van der Waals surface area contributed by atoms with Crippen LogP contribution in [0.5, 0.6) is 0 Å². The summed E-state index contributed by atoms with van der Waals surface area (Å²) >= 11 is 0. The Hall–Kier alpha value is -2.04. The SMILES string of the molecule is Cc1ccc(N)cc1C(=O)N1CCN(C)C(=O)C1. The average molecular weight is 247 g/mol. The van der Waals surface area contributed by atoms with Crippen molar-refractivity contribution in [2.45, 2.75) is 6.92 Å². The number of carbonyl (C=O) groups excluding carboxylic acids is 2. The van der Waals surface area contributed by atoms with Gasteiger partial charge in [-0.15, -0.1) is 0 Å². The van der Waals surface area contributed by atoms with E-state index in [-0.39, 0.29) is 18.4 Å². The standard InChI is InChI=1S/C13H17N3O2/c1-9-3-4-10(14)7-11(9)13(18)16-6-5-15(2)12(17)8-16/h3-4,7H,5-6,8,14H2,1-2H3. The molecule has 2 amide bonds. The first-order valence-electron chi connectivity index (χ1n) is 5.88. The number of benzene rings is 1. The third-order valence-electron chi connectivity index (χ3n) is 3.24. The van der Waals surface area contributed by atoms with Crippen LogP contribution in [0.3, 0.4) is 0 Å². The molecule has 0 aliphatic carbocycles. The van der Waals surface area contributed by atoms with Crippen molar-refractivity contribution < 1.29 is 9.59 Å². The van der Waals surface area contributed by atoms with Crippen molar-refractivity contribution in [2.24, 2.45) is 0 Å². The minimum Gasteiger partial charge on any atom is -0.399 e. The maximum atomic E-state index is 12.3. The molecule has 5 heteroatoms. The van der Waals surface area contributed by atoms with Crippen LogP contribution in [-0.2, 0) is 4.79 Å². The van der Waals surface area contributed by atoms with Gasteiger partial charge in [-0.1, -0.05) is 6.07 Å². The van der Waals surface area contributed by atoms with Crippen LogP contribution in [0.25, 0.3) is 0 Å². The molecular formula is C13H17N3O2. The lowest BCUT2D eigenvalue weighted by Crippen LogP contribution is -2.50. The van der Waals surface area contributed by atoms with E-state index in [1.807, 2.05) is 13.0 Å². The molecule has 0 spiro atoms. The highest BCUT2D eigenvalue weighted by atomic mass is 16.2. The first-order valence-corrected chi connectivity index (χ1v) is 5.88. The third-order valence-corrected chi connectivity index (χ3v) is 3.24. The second-order valence-electron chi connectivity index (χ2n) is 4.62. The fourth-order valence-corrected chi connectivity index (χ4v) is 1.97. The maximum absolute atomic E-state index is 12.3. The number of rotatable bonds is 1. The fourth-order valence-electron chi connectivity index (χ4n) is 1.97. The van der Waals surface area contributed by atoms with E-state index in [9.17, 15) is 9.59 Å². The van der Waals surface area contributed by atoms with Gasteiger partial charge in [0.1, 0.15) is 6.54 Å². The average Bonchev–Trinajstić information content (AvgIpc) is 2.35. The highest BCUT2D eigenvalue weighted by molar-refractivity contribution is 5.98. The second kappa shape index (κ2) is 4.68. The Bertz CT molecular complexity index is 499. The molecule has 1 aliphatic heterocycles. The van der Waals surface area contributed by atoms with Crippen LogP contribution in [0.15, 0.2) is 18.2 Å². The number of nitrogens with zero attached hydrogens (tertiary/aromatic N) is 2. The molecule has 0 saturated carbocycles. The number of piperazine rings is 1. The topological polar surface area (TPSA) is 66.6 Å². The molecule has 1 heterocycles. The van der Waals surface area contributed by atoms with E-state index in [0.29, 0.717) is 24.3 Å². The van der Waals surface area contributed by atoms with Gasteiger partial charge in [-0.3, -0.25) is 9.59 Å². The molecule has 1 aromatic carbocycles. The summed E-state index contributed by atoms with van der Waals surface area (Å²) < 4.78 is 0. The zero-order chi connectivity index (χ0) is 13.3. The van der Waals surface area contributed by atoms with E-state index < -0.39 is 0 Å². The Balaban J connectivity index is 2.21. The number of hydrogen-bond acceptors (Lipinski definition) is 3. The second-order valence-corrected chi connectivity index (χ2v) is 4.62. The zero-order valence-corrected chi connectivity index (χ0v) is 10.6. The van der Waals surface area contributed by atoms with Gasteiger partial charge in [-0.2, -0.15) is 0 Å². The highest BCUT2D eigenvalue weighted by Crippen LogP contribution is 2.16. The largest absolute Gasteiger partial charge is 0.399 e. The Morgan fingerprint density at radius 1 is 1.33 bits per heavy atom. The summed E-state index contributed by atoms with van der Waals surface area (Å²) in [5, 5.41) is 0. The Labute approximate surface area is 106 Å². The molecule has 96 valence electrons. The predicted octanol–water partition coefficient (Wildman–Crippen LogP) is 0.491. The van der Waals surface area contributed by atoms with E-state index in [1.54, 1.807) is 29.0 Å². The number of nitrogens with two attached hydrogens (primary N) is 1. The first-order chi connectivity index (χ1) is 8.49. The number of amides is 2. The molecule has 1 aliphatic rings. The minimum atomic E-state index is -0.124. The van der Waals surface area contributed by atoms with Crippen LogP contribution in [-0.4, -0.2) is 48.3 Å². The van der Waals surface area contributed by atoms with E-state index in [1.165, 1.54) is 0 Å². The van der Waals surface area contributed by atoms with Crippen molar-refractivity contribution in [3.63, 3.8) is 0 Å². The smallest absolute Gasteiger partial charge is 0.254 e. The fraction of sp³-hybridized carbons (Fsp3) is 0.385. The number of likely N-dealkylation sites (N-methyl/N-ethyl adjacent to an activating group) is 1. The Morgan fingerprint density at radius 2 is 2.06 bits per heavy atom. The predicted molar refractivity (Wildman–Crippen MR) is 69.1 cm³/mol. The summed E-state index contributed by atoms with van der Waals surface area (Å²) in [5.74, 6) is -0.155. The monoisotopic (exact) mass is 247 g/mol. The van der Waals surface area contributed by atoms with Gasteiger partial charge in [0.05, 0.1) is 0 Å². The van der Waals surface area contributed by atoms with Crippen LogP contribution in [0.2, 0.25) is 0 Å². The van der Waals surface area contributed by atoms with Crippen LogP contribution < -0.4 is 5.73 Å². The Morgan fingerprint density at radius 3 is 2.72 bits per heavy atom. The summed E-state index contributed by atoms with van der Waals surface area (Å²) in [5.41, 5.74) is 7.71. The molecule has 18 heavy (non-hydrogen) atoms. The molecule has 5 nitrogen and oxygen atoms in total. The molecular weight excluding hydrogens is 230 g/mol. The van der Waals surface area contributed by atoms with Crippen LogP contribution in [0.4, 0.5) is 5.69 Å². The molecule has 0 unspecified atom stereocenters. The number of aryl methyl sites for hydroxylation is 1. The summed E-state index contributed by atoms with van der Waals surface area (Å²) in [4.78, 5) is 27.1. The van der Waals surface area contributed by atoms with Gasteiger partial charge in [0, 0.05) is 31.4 Å². The van der Waals surface area contributed by atoms with Gasteiger partial charge >= 0.3 is 0 Å². The van der Waals surface area contributed by atoms with Crippen molar-refractivity contribution in [3.05, 3.63) is 29.3 Å². The van der Waals surface area contributed by atoms with E-state index in [4.69, 9.17) is 5.73 Å². The van der Waals surface area contributed by atoms with E-state index in [0.717, 1.165) is 5.56 Å². The molecule has 2 N–H and O–H groups in total. The van der Waals surface area contributed by atoms with Crippen molar-refractivity contribution in [3.8, 4) is 0 Å². The van der Waals surface area contributed by atoms with Gasteiger partial charge < -0.3 is 15.5 Å². The van der Waals surface area contributed by atoms with Crippen molar-refractivity contribution in [1.29, 1.82) is 0 Å². The number of nitrogen functional groups attached to an aromatic ring is 1. The lowest BCUT2D eigenvalue weighted by molar-refractivity contribution is -0.133. The van der Waals surface area contributed by atoms with E-state index >= 15 is 0 Å². The first kappa shape index (κ1) is 12.4. The molecule has 1 saturated heterocycles. The lowest BCUT2D eigenvalue weighted by Gasteiger charge is -2.32. The van der Waals surface area contributed by atoms with Gasteiger partial charge in [0.25, 0.3) is 5.91 Å². The minimum absolute atomic E-state index is 0.0313. The third kappa shape index (κ3) is 2.30. The molecule has 0 aromatic heterocycles. The molecule has 0 atom stereocenters. The number of carbonyl (C=O) groups is 2. The molecule has 2 rings (SSSR count). The van der Waals surface area contributed by atoms with Gasteiger partial charge in [-0.05, 0) is 24.6 Å². The molecule has 1 fully saturated rings. The normalized spacial score (nSPS) is 16.0. The van der Waals surface area contributed by atoms with Crippen LogP contribution in [0, 0.1) is 6.92 Å². The van der Waals surface area contributed by atoms with Gasteiger partial charge in [-0.25, -0.2) is 0 Å². The van der Waals surface area contributed by atoms with Crippen molar-refractivity contribution in [1.82, 2.24) is 9.80 Å².